The summed E-state index contributed by atoms with van der Waals surface area (Å²) in [5.41, 5.74) is 0. The molecule has 1 aromatic rings. The van der Waals surface area contributed by atoms with Crippen molar-refractivity contribution in [3.8, 4) is 0 Å². The Morgan fingerprint density at radius 1 is 1.40 bits per heavy atom. The van der Waals surface area contributed by atoms with Crippen molar-refractivity contribution < 1.29 is 0 Å². The molecule has 0 radical (unpaired) electrons. The highest BCUT2D eigenvalue weighted by Gasteiger charge is 2.27. The maximum atomic E-state index is 4.58. The van der Waals surface area contributed by atoms with Crippen molar-refractivity contribution in [2.75, 3.05) is 7.05 Å². The number of aromatic nitrogens is 2. The van der Waals surface area contributed by atoms with Crippen LogP contribution in [0.2, 0.25) is 0 Å². The molecule has 0 saturated heterocycles. The Labute approximate surface area is 124 Å². The van der Waals surface area contributed by atoms with Gasteiger partial charge in [0.05, 0.1) is 0 Å². The molecule has 2 rings (SSSR count). The lowest BCUT2D eigenvalue weighted by Crippen LogP contribution is -2.38. The molecule has 0 bridgehead atoms. The van der Waals surface area contributed by atoms with Gasteiger partial charge in [-0.05, 0) is 38.1 Å². The minimum absolute atomic E-state index is 0.586. The van der Waals surface area contributed by atoms with Crippen LogP contribution in [0.5, 0.6) is 0 Å². The van der Waals surface area contributed by atoms with Crippen LogP contribution in [0.25, 0.3) is 0 Å². The molecule has 1 aliphatic rings. The normalized spacial score (nSPS) is 24.8. The number of likely N-dealkylation sites (N-methyl/N-ethyl adjacent to an activating group) is 1. The Kier molecular flexibility index (Phi) is 6.08. The van der Waals surface area contributed by atoms with Crippen LogP contribution in [0.3, 0.4) is 0 Å². The summed E-state index contributed by atoms with van der Waals surface area (Å²) in [5.74, 6) is 3.02. The van der Waals surface area contributed by atoms with Crippen molar-refractivity contribution in [1.29, 1.82) is 0 Å². The van der Waals surface area contributed by atoms with E-state index in [2.05, 4.69) is 42.0 Å². The van der Waals surface area contributed by atoms with Crippen LogP contribution < -0.4 is 5.32 Å². The number of imidazole rings is 1. The Morgan fingerprint density at radius 3 is 2.95 bits per heavy atom. The lowest BCUT2D eigenvalue weighted by atomic mass is 9.76. The molecule has 1 saturated carbocycles. The van der Waals surface area contributed by atoms with Gasteiger partial charge in [-0.15, -0.1) is 0 Å². The van der Waals surface area contributed by atoms with Gasteiger partial charge in [0.15, 0.2) is 0 Å². The molecule has 114 valence electrons. The summed E-state index contributed by atoms with van der Waals surface area (Å²) in [6.45, 7) is 5.66. The number of nitrogens with zero attached hydrogens (tertiary/aromatic N) is 2. The summed E-state index contributed by atoms with van der Waals surface area (Å²) >= 11 is 0. The molecular weight excluding hydrogens is 246 g/mol. The van der Waals surface area contributed by atoms with Crippen LogP contribution in [0.1, 0.15) is 58.2 Å². The summed E-state index contributed by atoms with van der Waals surface area (Å²) in [6.07, 6.45) is 13.3. The molecule has 0 aromatic carbocycles. The van der Waals surface area contributed by atoms with Crippen LogP contribution in [-0.4, -0.2) is 22.6 Å². The second-order valence-electron chi connectivity index (χ2n) is 6.34. The van der Waals surface area contributed by atoms with Crippen molar-refractivity contribution in [3.05, 3.63) is 18.2 Å². The molecule has 1 aromatic heterocycles. The molecule has 0 amide bonds. The average Bonchev–Trinajstić information content (AvgIpc) is 2.92. The maximum absolute atomic E-state index is 4.58. The van der Waals surface area contributed by atoms with E-state index < -0.39 is 0 Å². The van der Waals surface area contributed by atoms with Gasteiger partial charge in [-0.1, -0.05) is 33.1 Å². The lowest BCUT2D eigenvalue weighted by molar-refractivity contribution is 0.210. The molecule has 20 heavy (non-hydrogen) atoms. The van der Waals surface area contributed by atoms with Gasteiger partial charge in [-0.2, -0.15) is 0 Å². The van der Waals surface area contributed by atoms with Crippen LogP contribution in [0, 0.1) is 11.8 Å². The zero-order valence-electron chi connectivity index (χ0n) is 13.4. The quantitative estimate of drug-likeness (QED) is 0.824. The highest BCUT2D eigenvalue weighted by Crippen LogP contribution is 2.33. The number of aryl methyl sites for hydroxylation is 1. The van der Waals surface area contributed by atoms with E-state index in [1.165, 1.54) is 44.3 Å². The fourth-order valence-electron chi connectivity index (χ4n) is 3.74. The third kappa shape index (κ3) is 3.85. The lowest BCUT2D eigenvalue weighted by Gasteiger charge is -2.34. The SMILES string of the molecule is CCCn1ccnc1CC(NC)C1CCCC(CC)C1. The largest absolute Gasteiger partial charge is 0.335 e. The minimum atomic E-state index is 0.586. The monoisotopic (exact) mass is 277 g/mol. The van der Waals surface area contributed by atoms with E-state index in [-0.39, 0.29) is 0 Å². The number of nitrogens with one attached hydrogen (secondary N) is 1. The van der Waals surface area contributed by atoms with Crippen LogP contribution in [0.4, 0.5) is 0 Å². The van der Waals surface area contributed by atoms with E-state index >= 15 is 0 Å². The first kappa shape index (κ1) is 15.6. The topological polar surface area (TPSA) is 29.9 Å². The van der Waals surface area contributed by atoms with Crippen LogP contribution in [0.15, 0.2) is 12.4 Å². The molecule has 3 unspecified atom stereocenters. The van der Waals surface area contributed by atoms with Crippen molar-refractivity contribution in [2.24, 2.45) is 11.8 Å². The molecule has 3 nitrogen and oxygen atoms in total. The molecule has 0 spiro atoms. The Hall–Kier alpha value is -0.830. The van der Waals surface area contributed by atoms with E-state index in [9.17, 15) is 0 Å². The third-order valence-electron chi connectivity index (χ3n) is 5.01. The van der Waals surface area contributed by atoms with Crippen molar-refractivity contribution in [3.63, 3.8) is 0 Å². The molecule has 0 aliphatic heterocycles. The molecular formula is C17H31N3. The molecule has 3 heteroatoms. The predicted molar refractivity (Wildman–Crippen MR) is 84.8 cm³/mol. The van der Waals surface area contributed by atoms with Gasteiger partial charge in [0.1, 0.15) is 5.82 Å². The van der Waals surface area contributed by atoms with Crippen LogP contribution in [-0.2, 0) is 13.0 Å². The summed E-state index contributed by atoms with van der Waals surface area (Å²) in [6, 6.07) is 0.586. The van der Waals surface area contributed by atoms with Crippen molar-refractivity contribution in [1.82, 2.24) is 14.9 Å². The zero-order chi connectivity index (χ0) is 14.4. The van der Waals surface area contributed by atoms with Gasteiger partial charge < -0.3 is 9.88 Å². The summed E-state index contributed by atoms with van der Waals surface area (Å²) in [5, 5.41) is 3.57. The highest BCUT2D eigenvalue weighted by molar-refractivity contribution is 4.97. The number of hydrogen-bond donors (Lipinski definition) is 1. The van der Waals surface area contributed by atoms with Gasteiger partial charge >= 0.3 is 0 Å². The van der Waals surface area contributed by atoms with Crippen LogP contribution >= 0.6 is 0 Å². The molecule has 1 aliphatic carbocycles. The smallest absolute Gasteiger partial charge is 0.110 e. The first-order valence-electron chi connectivity index (χ1n) is 8.45. The van der Waals surface area contributed by atoms with Gasteiger partial charge in [0, 0.05) is 31.4 Å². The zero-order valence-corrected chi connectivity index (χ0v) is 13.4. The van der Waals surface area contributed by atoms with E-state index in [0.717, 1.165) is 24.8 Å². The first-order valence-corrected chi connectivity index (χ1v) is 8.45. The second kappa shape index (κ2) is 7.82. The van der Waals surface area contributed by atoms with Gasteiger partial charge in [-0.25, -0.2) is 4.98 Å². The third-order valence-corrected chi connectivity index (χ3v) is 5.01. The second-order valence-corrected chi connectivity index (χ2v) is 6.34. The van der Waals surface area contributed by atoms with Gasteiger partial charge in [0.2, 0.25) is 0 Å². The average molecular weight is 277 g/mol. The maximum Gasteiger partial charge on any atom is 0.110 e. The molecule has 3 atom stereocenters. The van der Waals surface area contributed by atoms with E-state index in [4.69, 9.17) is 0 Å². The van der Waals surface area contributed by atoms with E-state index in [0.29, 0.717) is 6.04 Å². The minimum Gasteiger partial charge on any atom is -0.335 e. The first-order chi connectivity index (χ1) is 9.78. The number of rotatable bonds is 7. The Balaban J connectivity index is 1.99. The standard InChI is InChI=1S/C17H31N3/c1-4-10-20-11-9-19-17(20)13-16(18-3)15-8-6-7-14(5-2)12-15/h9,11,14-16,18H,4-8,10,12-13H2,1-3H3. The fraction of sp³-hybridized carbons (Fsp3) is 0.824. The Morgan fingerprint density at radius 2 is 2.25 bits per heavy atom. The van der Waals surface area contributed by atoms with Crippen molar-refractivity contribution >= 4 is 0 Å². The summed E-state index contributed by atoms with van der Waals surface area (Å²) in [7, 11) is 2.12. The highest BCUT2D eigenvalue weighted by atomic mass is 15.1. The van der Waals surface area contributed by atoms with E-state index in [1.807, 2.05) is 6.20 Å². The van der Waals surface area contributed by atoms with Gasteiger partial charge in [0.25, 0.3) is 0 Å². The predicted octanol–water partition coefficient (Wildman–Crippen LogP) is 3.64. The number of hydrogen-bond acceptors (Lipinski definition) is 2. The molecule has 1 heterocycles. The fourth-order valence-corrected chi connectivity index (χ4v) is 3.74. The summed E-state index contributed by atoms with van der Waals surface area (Å²) < 4.78 is 2.32. The van der Waals surface area contributed by atoms with Crippen molar-refractivity contribution in [2.45, 2.75) is 71.4 Å². The van der Waals surface area contributed by atoms with E-state index in [1.54, 1.807) is 0 Å². The Bertz CT molecular complexity index is 385. The summed E-state index contributed by atoms with van der Waals surface area (Å²) in [4.78, 5) is 4.58. The molecule has 1 fully saturated rings. The molecule has 1 N–H and O–H groups in total. The van der Waals surface area contributed by atoms with Gasteiger partial charge in [-0.3, -0.25) is 0 Å².